The average molecular weight is 1120 g/mol. The van der Waals surface area contributed by atoms with Gasteiger partial charge in [-0.05, 0) is 103 Å². The molecule has 5 aromatic rings. The lowest BCUT2D eigenvalue weighted by atomic mass is 9.87. The first-order chi connectivity index (χ1) is 35.9. The molecule has 3 aliphatic rings. The van der Waals surface area contributed by atoms with Gasteiger partial charge in [0.2, 0.25) is 16.8 Å². The molecule has 1 amide bonds. The van der Waals surface area contributed by atoms with Gasteiger partial charge in [0.05, 0.1) is 14.8 Å². The molecule has 0 bridgehead atoms. The minimum atomic E-state index is -0.940. The van der Waals surface area contributed by atoms with Crippen LogP contribution in [0.2, 0.25) is 5.15 Å². The maximum absolute atomic E-state index is 12.5. The number of carboxylic acid groups (broad SMARTS) is 2. The van der Waals surface area contributed by atoms with Crippen LogP contribution in [0, 0.1) is 30.3 Å². The smallest absolute Gasteiger partial charge is 0.331 e. The number of nitrogens with one attached hydrogen (secondary N) is 1. The van der Waals surface area contributed by atoms with Gasteiger partial charge < -0.3 is 31.1 Å². The van der Waals surface area contributed by atoms with E-state index in [1.54, 1.807) is 23.1 Å². The minimum absolute atomic E-state index is 0. The zero-order valence-corrected chi connectivity index (χ0v) is 45.6. The maximum Gasteiger partial charge on any atom is 0.331 e. The second-order valence-corrected chi connectivity index (χ2v) is 19.7. The molecule has 78 heavy (non-hydrogen) atoms. The van der Waals surface area contributed by atoms with Gasteiger partial charge >= 0.3 is 29.0 Å². The molecule has 0 fully saturated rings. The average Bonchev–Trinajstić information content (AvgIpc) is 3.39. The highest BCUT2D eigenvalue weighted by atomic mass is 35.5. The first kappa shape index (κ1) is 65.7. The summed E-state index contributed by atoms with van der Waals surface area (Å²) in [7, 11) is 0. The van der Waals surface area contributed by atoms with Crippen molar-refractivity contribution in [3.63, 3.8) is 0 Å². The van der Waals surface area contributed by atoms with Crippen molar-refractivity contribution in [2.75, 3.05) is 47.0 Å². The molecule has 2 aromatic carbocycles. The fourth-order valence-electron chi connectivity index (χ4n) is 7.47. The lowest BCUT2D eigenvalue weighted by Gasteiger charge is -2.26. The predicted octanol–water partition coefficient (Wildman–Crippen LogP) is 11.9. The van der Waals surface area contributed by atoms with Crippen LogP contribution in [-0.4, -0.2) is 84.0 Å². The summed E-state index contributed by atoms with van der Waals surface area (Å²) in [5, 5.41) is 52.3. The van der Waals surface area contributed by atoms with Crippen LogP contribution in [0.4, 0.5) is 44.8 Å². The normalized spacial score (nSPS) is 13.7. The van der Waals surface area contributed by atoms with Crippen LogP contribution >= 0.6 is 24.0 Å². The van der Waals surface area contributed by atoms with Crippen molar-refractivity contribution in [2.45, 2.75) is 90.9 Å². The third-order valence-corrected chi connectivity index (χ3v) is 12.1. The molecule has 0 radical (unpaired) electrons. The Balaban J connectivity index is 0.000000527. The van der Waals surface area contributed by atoms with Gasteiger partial charge in [0.25, 0.3) is 5.91 Å². The zero-order chi connectivity index (χ0) is 56.2. The molecule has 2 aliphatic heterocycles. The monoisotopic (exact) mass is 1120 g/mol. The zero-order valence-electron chi connectivity index (χ0n) is 44.0. The number of nitrogen functional groups attached to an aromatic ring is 1. The largest absolute Gasteiger partial charge is 0.478 e. The Hall–Kier alpha value is -8.37. The van der Waals surface area contributed by atoms with Crippen molar-refractivity contribution in [3.05, 3.63) is 185 Å². The van der Waals surface area contributed by atoms with Crippen molar-refractivity contribution < 1.29 is 45.5 Å². The van der Waals surface area contributed by atoms with Gasteiger partial charge in [0, 0.05) is 92.5 Å². The summed E-state index contributed by atoms with van der Waals surface area (Å²) in [6, 6.07) is 24.5. The number of hydrogen-bond donors (Lipinski definition) is 4. The van der Waals surface area contributed by atoms with E-state index in [4.69, 9.17) is 27.5 Å². The summed E-state index contributed by atoms with van der Waals surface area (Å²) in [6.07, 6.45) is 14.4. The summed E-state index contributed by atoms with van der Waals surface area (Å²) >= 11 is 5.37. The Morgan fingerprint density at radius 3 is 1.37 bits per heavy atom. The molecule has 0 saturated carbocycles. The van der Waals surface area contributed by atoms with Gasteiger partial charge in [-0.2, -0.15) is 0 Å². The number of nitro groups is 3. The fraction of sp³-hybridized carbons (Fsp3) is 0.333. The third-order valence-electron chi connectivity index (χ3n) is 11.8. The van der Waals surface area contributed by atoms with Crippen LogP contribution in [0.15, 0.2) is 138 Å². The highest BCUT2D eigenvalue weighted by Crippen LogP contribution is 2.30. The van der Waals surface area contributed by atoms with Crippen LogP contribution in [-0.2, 0) is 25.2 Å². The van der Waals surface area contributed by atoms with E-state index < -0.39 is 26.7 Å². The van der Waals surface area contributed by atoms with Crippen LogP contribution in [0.25, 0.3) is 0 Å². The standard InChI is InChI=1S/C21H24N4O3.C11H11N3O4.C10H15N.C7H10O2.C5H3ClN2O2.ClH.FH.H2/c1-21(2,3)16-6-8-17(9-7-16)23-20(26)15-10-13-24(14-11-15)19-18(25(27)28)5-4-12-22-19;15-11(16)8-3-6-13(7-4-8)10-9(14(17)18)2-1-5-12-10;1-10(2,3)8-4-6-9(11)7-5-8;8-7(9)6-4-2-1-3-5-6;6-5-4(8(9)10)2-1-3-7-5;;;/h4-10,12H,11,13-14H2,1-3H3,(H,23,26);1-3,5H,4,6-7H2,(H,15,16);4-7H,11H2,1-3H3;4H,1-3,5H2,(H,8,9);1-3H;3*1H. The topological polar surface area (TPSA) is 304 Å². The van der Waals surface area contributed by atoms with E-state index in [-0.39, 0.29) is 63.3 Å². The van der Waals surface area contributed by atoms with Gasteiger partial charge in [-0.1, -0.05) is 95.6 Å². The SMILES string of the molecule is CC(C)(C)c1ccc(N)cc1.CC(C)(C)c1ccc(NC(=O)C2=CCN(c3ncccc3[N+](=O)[O-])CC2)cc1.Cl.F.O=C(O)C1=CCCCC1.O=C(O)C1=CCN(c2ncccc2[N+](=O)[O-])CC1.O=[N+]([O-])c1cccnc1Cl.[HH]. The molecule has 0 unspecified atom stereocenters. The summed E-state index contributed by atoms with van der Waals surface area (Å²) in [5.74, 6) is -1.21. The molecule has 420 valence electrons. The second-order valence-electron chi connectivity index (χ2n) is 19.4. The van der Waals surface area contributed by atoms with Crippen molar-refractivity contribution >= 4 is 81.9 Å². The molecule has 8 rings (SSSR count). The minimum Gasteiger partial charge on any atom is -0.478 e. The molecule has 24 heteroatoms. The molecule has 5 N–H and O–H groups in total. The van der Waals surface area contributed by atoms with Crippen LogP contribution < -0.4 is 20.9 Å². The Labute approximate surface area is 463 Å². The Morgan fingerprint density at radius 2 is 1.03 bits per heavy atom. The molecule has 0 spiro atoms. The molecular weight excluding hydrogens is 1050 g/mol. The Bertz CT molecular complexity index is 2950. The lowest BCUT2D eigenvalue weighted by molar-refractivity contribution is -0.385. The first-order valence-corrected chi connectivity index (χ1v) is 24.5. The van der Waals surface area contributed by atoms with Crippen molar-refractivity contribution in [2.24, 2.45) is 0 Å². The summed E-state index contributed by atoms with van der Waals surface area (Å²) in [5.41, 5.74) is 11.3. The predicted molar refractivity (Wildman–Crippen MR) is 305 cm³/mol. The molecule has 3 aromatic heterocycles. The highest BCUT2D eigenvalue weighted by Gasteiger charge is 2.26. The van der Waals surface area contributed by atoms with Crippen LogP contribution in [0.5, 0.6) is 0 Å². The number of aromatic nitrogens is 3. The van der Waals surface area contributed by atoms with Crippen molar-refractivity contribution in [1.29, 1.82) is 0 Å². The number of nitrogens with zero attached hydrogens (tertiary/aromatic N) is 8. The van der Waals surface area contributed by atoms with Crippen molar-refractivity contribution in [1.82, 2.24) is 15.0 Å². The summed E-state index contributed by atoms with van der Waals surface area (Å²) < 4.78 is 0. The van der Waals surface area contributed by atoms with E-state index in [2.05, 4.69) is 73.9 Å². The number of halogens is 3. The van der Waals surface area contributed by atoms with E-state index in [9.17, 15) is 44.7 Å². The molecule has 1 aliphatic carbocycles. The quantitative estimate of drug-likeness (QED) is 0.0461. The molecule has 0 atom stereocenters. The number of carboxylic acids is 2. The van der Waals surface area contributed by atoms with E-state index >= 15 is 0 Å². The number of carbonyl (C=O) groups excluding carboxylic acids is 1. The number of allylic oxidation sites excluding steroid dienone is 1. The van der Waals surface area contributed by atoms with Gasteiger partial charge in [-0.3, -0.25) is 39.8 Å². The fourth-order valence-corrected chi connectivity index (χ4v) is 7.66. The second kappa shape index (κ2) is 31.0. The maximum atomic E-state index is 12.5. The van der Waals surface area contributed by atoms with E-state index in [1.165, 1.54) is 60.0 Å². The van der Waals surface area contributed by atoms with Crippen molar-refractivity contribution in [3.8, 4) is 0 Å². The van der Waals surface area contributed by atoms with Gasteiger partial charge in [-0.15, -0.1) is 12.4 Å². The number of anilines is 4. The molecule has 0 saturated heterocycles. The number of aliphatic carboxylic acids is 2. The number of hydrogen-bond acceptors (Lipinski definition) is 15. The van der Waals surface area contributed by atoms with Crippen LogP contribution in [0.3, 0.4) is 0 Å². The number of nitrogens with two attached hydrogens (primary N) is 1. The van der Waals surface area contributed by atoms with Crippen LogP contribution in [0.1, 0.15) is 92.6 Å². The highest BCUT2D eigenvalue weighted by molar-refractivity contribution is 6.31. The lowest BCUT2D eigenvalue weighted by Crippen LogP contribution is -2.32. The number of carbonyl (C=O) groups is 3. The Kier molecular flexibility index (Phi) is 26.1. The molecular formula is C54H67Cl2FN10O11. The van der Waals surface area contributed by atoms with Gasteiger partial charge in [0.1, 0.15) is 0 Å². The third kappa shape index (κ3) is 20.6. The summed E-state index contributed by atoms with van der Waals surface area (Å²) in [6.45, 7) is 14.6. The molecule has 5 heterocycles. The number of amides is 1. The van der Waals surface area contributed by atoms with Gasteiger partial charge in [0.15, 0.2) is 0 Å². The van der Waals surface area contributed by atoms with E-state index in [1.807, 2.05) is 47.4 Å². The summed E-state index contributed by atoms with van der Waals surface area (Å²) in [4.78, 5) is 79.4. The van der Waals surface area contributed by atoms with E-state index in [0.29, 0.717) is 61.6 Å². The number of benzene rings is 2. The molecule has 21 nitrogen and oxygen atoms in total. The Morgan fingerprint density at radius 1 is 0.615 bits per heavy atom. The first-order valence-electron chi connectivity index (χ1n) is 24.1. The number of rotatable bonds is 9. The van der Waals surface area contributed by atoms with Gasteiger partial charge in [-0.25, -0.2) is 24.5 Å². The number of pyridine rings is 3. The van der Waals surface area contributed by atoms with E-state index in [0.717, 1.165) is 37.1 Å².